The van der Waals surface area contributed by atoms with Crippen molar-refractivity contribution in [1.82, 2.24) is 9.55 Å². The maximum Gasteiger partial charge on any atom is 0.271 e. The lowest BCUT2D eigenvalue weighted by Crippen LogP contribution is -2.27. The molecule has 4 rings (SSSR count). The molecule has 6 nitrogen and oxygen atoms in total. The highest BCUT2D eigenvalue weighted by molar-refractivity contribution is 7.22. The van der Waals surface area contributed by atoms with Gasteiger partial charge in [-0.3, -0.25) is 14.2 Å². The van der Waals surface area contributed by atoms with E-state index < -0.39 is 0 Å². The van der Waals surface area contributed by atoms with Gasteiger partial charge in [0.1, 0.15) is 17.0 Å². The molecule has 2 heterocycles. The van der Waals surface area contributed by atoms with Gasteiger partial charge in [0.15, 0.2) is 0 Å². The largest absolute Gasteiger partial charge is 0.497 e. The molecule has 0 atom stereocenters. The summed E-state index contributed by atoms with van der Waals surface area (Å²) in [6, 6.07) is 17.2. The molecule has 2 aromatic heterocycles. The fourth-order valence-electron chi connectivity index (χ4n) is 3.25. The molecule has 0 saturated heterocycles. The fraction of sp³-hybridized carbons (Fsp3) is 0.174. The van der Waals surface area contributed by atoms with Gasteiger partial charge in [-0.15, -0.1) is 11.3 Å². The number of methoxy groups -OCH3 is 1. The number of anilines is 1. The second kappa shape index (κ2) is 8.51. The maximum atomic E-state index is 12.9. The quantitative estimate of drug-likeness (QED) is 0.505. The van der Waals surface area contributed by atoms with E-state index in [-0.39, 0.29) is 18.0 Å². The van der Waals surface area contributed by atoms with Crippen molar-refractivity contribution in [2.75, 3.05) is 12.4 Å². The number of aryl methyl sites for hydroxylation is 1. The van der Waals surface area contributed by atoms with Gasteiger partial charge < -0.3 is 10.1 Å². The third-order valence-corrected chi connectivity index (χ3v) is 6.03. The molecular formula is C23H21N3O3S. The van der Waals surface area contributed by atoms with Crippen LogP contribution in [0.2, 0.25) is 0 Å². The van der Waals surface area contributed by atoms with Crippen LogP contribution in [0, 0.1) is 0 Å². The first-order chi connectivity index (χ1) is 14.6. The number of nitrogens with zero attached hydrogens (tertiary/aromatic N) is 2. The number of carbonyl (C=O) groups is 1. The van der Waals surface area contributed by atoms with Crippen molar-refractivity contribution in [2.24, 2.45) is 0 Å². The zero-order valence-electron chi connectivity index (χ0n) is 16.7. The highest BCUT2D eigenvalue weighted by atomic mass is 32.1. The number of benzene rings is 2. The number of amides is 1. The number of para-hydroxylation sites is 1. The molecule has 0 aliphatic rings. The van der Waals surface area contributed by atoms with E-state index >= 15 is 0 Å². The van der Waals surface area contributed by atoms with E-state index in [1.54, 1.807) is 7.11 Å². The van der Waals surface area contributed by atoms with Crippen molar-refractivity contribution >= 4 is 33.1 Å². The van der Waals surface area contributed by atoms with Crippen LogP contribution in [0.15, 0.2) is 65.7 Å². The van der Waals surface area contributed by atoms with E-state index in [0.29, 0.717) is 10.2 Å². The van der Waals surface area contributed by atoms with Crippen LogP contribution in [-0.4, -0.2) is 22.6 Å². The summed E-state index contributed by atoms with van der Waals surface area (Å²) in [7, 11) is 1.62. The Morgan fingerprint density at radius 2 is 1.93 bits per heavy atom. The first-order valence-corrected chi connectivity index (χ1v) is 10.4. The second-order valence-corrected chi connectivity index (χ2v) is 7.84. The number of hydrogen-bond donors (Lipinski definition) is 1. The van der Waals surface area contributed by atoms with Crippen LogP contribution in [0.4, 0.5) is 5.69 Å². The highest BCUT2D eigenvalue weighted by Crippen LogP contribution is 2.31. The third-order valence-electron chi connectivity index (χ3n) is 4.86. The Hall–Kier alpha value is -3.45. The van der Waals surface area contributed by atoms with Crippen molar-refractivity contribution in [3.8, 4) is 16.2 Å². The van der Waals surface area contributed by atoms with Crippen LogP contribution in [-0.2, 0) is 17.8 Å². The van der Waals surface area contributed by atoms with Crippen molar-refractivity contribution in [3.05, 3.63) is 76.8 Å². The van der Waals surface area contributed by atoms with Gasteiger partial charge in [-0.1, -0.05) is 25.1 Å². The molecule has 0 saturated carbocycles. The molecule has 0 spiro atoms. The Bertz CT molecular complexity index is 1260. The monoisotopic (exact) mass is 419 g/mol. The van der Waals surface area contributed by atoms with E-state index in [1.807, 2.05) is 61.5 Å². The van der Waals surface area contributed by atoms with Gasteiger partial charge >= 0.3 is 0 Å². The van der Waals surface area contributed by atoms with Crippen LogP contribution in [0.25, 0.3) is 20.7 Å². The van der Waals surface area contributed by atoms with E-state index in [9.17, 15) is 9.59 Å². The van der Waals surface area contributed by atoms with Crippen LogP contribution in [0.5, 0.6) is 5.75 Å². The minimum atomic E-state index is -0.258. The van der Waals surface area contributed by atoms with Crippen molar-refractivity contribution in [3.63, 3.8) is 0 Å². The lowest BCUT2D eigenvalue weighted by molar-refractivity contribution is -0.116. The molecule has 30 heavy (non-hydrogen) atoms. The van der Waals surface area contributed by atoms with Gasteiger partial charge in [0.25, 0.3) is 5.56 Å². The van der Waals surface area contributed by atoms with E-state index in [0.717, 1.165) is 33.9 Å². The lowest BCUT2D eigenvalue weighted by atomic mass is 10.1. The molecule has 0 unspecified atom stereocenters. The zero-order chi connectivity index (χ0) is 21.1. The third kappa shape index (κ3) is 3.97. The van der Waals surface area contributed by atoms with Crippen molar-refractivity contribution in [2.45, 2.75) is 19.9 Å². The van der Waals surface area contributed by atoms with E-state index in [2.05, 4.69) is 10.3 Å². The second-order valence-electron chi connectivity index (χ2n) is 6.79. The normalized spacial score (nSPS) is 10.9. The SMILES string of the molecule is CCc1ccccc1NC(=O)Cn1cnc2cc(-c3ccc(OC)cc3)sc2c1=O. The van der Waals surface area contributed by atoms with Crippen LogP contribution >= 0.6 is 11.3 Å². The molecule has 0 aliphatic carbocycles. The van der Waals surface area contributed by atoms with Gasteiger partial charge in [-0.05, 0) is 53.9 Å². The van der Waals surface area contributed by atoms with Gasteiger partial charge in [0, 0.05) is 10.6 Å². The number of hydrogen-bond acceptors (Lipinski definition) is 5. The summed E-state index contributed by atoms with van der Waals surface area (Å²) in [6.45, 7) is 1.94. The number of fused-ring (bicyclic) bond motifs is 1. The van der Waals surface area contributed by atoms with E-state index in [4.69, 9.17) is 4.74 Å². The minimum absolute atomic E-state index is 0.0877. The maximum absolute atomic E-state index is 12.9. The Balaban J connectivity index is 1.58. The molecule has 152 valence electrons. The smallest absolute Gasteiger partial charge is 0.271 e. The fourth-order valence-corrected chi connectivity index (χ4v) is 4.32. The van der Waals surface area contributed by atoms with E-state index in [1.165, 1.54) is 22.2 Å². The van der Waals surface area contributed by atoms with Crippen LogP contribution < -0.4 is 15.6 Å². The Morgan fingerprint density at radius 1 is 1.17 bits per heavy atom. The number of ether oxygens (including phenoxy) is 1. The molecule has 0 bridgehead atoms. The summed E-state index contributed by atoms with van der Waals surface area (Å²) in [5, 5.41) is 2.89. The van der Waals surface area contributed by atoms with Crippen LogP contribution in [0.3, 0.4) is 0 Å². The number of nitrogens with one attached hydrogen (secondary N) is 1. The summed E-state index contributed by atoms with van der Waals surface area (Å²) in [5.41, 5.74) is 3.21. The average Bonchev–Trinajstić information content (AvgIpc) is 3.21. The molecule has 0 fully saturated rings. The van der Waals surface area contributed by atoms with Gasteiger partial charge in [-0.2, -0.15) is 0 Å². The summed E-state index contributed by atoms with van der Waals surface area (Å²) in [4.78, 5) is 30.8. The minimum Gasteiger partial charge on any atom is -0.497 e. The summed E-state index contributed by atoms with van der Waals surface area (Å²) in [6.07, 6.45) is 2.24. The molecule has 2 aromatic carbocycles. The predicted molar refractivity (Wildman–Crippen MR) is 120 cm³/mol. The standard InChI is InChI=1S/C23H21N3O3S/c1-3-15-6-4-5-7-18(15)25-21(27)13-26-14-24-19-12-20(30-22(19)23(26)28)16-8-10-17(29-2)11-9-16/h4-12,14H,3,13H2,1-2H3,(H,25,27). The Morgan fingerprint density at radius 3 is 2.67 bits per heavy atom. The predicted octanol–water partition coefficient (Wildman–Crippen LogP) is 4.33. The number of thiophene rings is 1. The first kappa shape index (κ1) is 19.8. The Labute approximate surface area is 177 Å². The molecule has 0 radical (unpaired) electrons. The molecular weight excluding hydrogens is 398 g/mol. The topological polar surface area (TPSA) is 73.2 Å². The van der Waals surface area contributed by atoms with Gasteiger partial charge in [0.2, 0.25) is 5.91 Å². The molecule has 4 aromatic rings. The van der Waals surface area contributed by atoms with Crippen molar-refractivity contribution < 1.29 is 9.53 Å². The summed E-state index contributed by atoms with van der Waals surface area (Å²) < 4.78 is 7.07. The zero-order valence-corrected chi connectivity index (χ0v) is 17.5. The number of aromatic nitrogens is 2. The average molecular weight is 420 g/mol. The summed E-state index contributed by atoms with van der Waals surface area (Å²) >= 11 is 1.37. The molecule has 1 amide bonds. The molecule has 0 aliphatic heterocycles. The summed E-state index contributed by atoms with van der Waals surface area (Å²) in [5.74, 6) is 0.516. The highest BCUT2D eigenvalue weighted by Gasteiger charge is 2.13. The van der Waals surface area contributed by atoms with Crippen LogP contribution in [0.1, 0.15) is 12.5 Å². The Kier molecular flexibility index (Phi) is 5.63. The molecule has 1 N–H and O–H groups in total. The first-order valence-electron chi connectivity index (χ1n) is 9.60. The van der Waals surface area contributed by atoms with Crippen molar-refractivity contribution in [1.29, 1.82) is 0 Å². The molecule has 7 heteroatoms. The van der Waals surface area contributed by atoms with Gasteiger partial charge in [-0.25, -0.2) is 4.98 Å². The number of carbonyl (C=O) groups excluding carboxylic acids is 1. The number of rotatable bonds is 6. The van der Waals surface area contributed by atoms with Gasteiger partial charge in [0.05, 0.1) is 19.0 Å². The lowest BCUT2D eigenvalue weighted by Gasteiger charge is -2.10.